The van der Waals surface area contributed by atoms with Crippen molar-refractivity contribution in [2.45, 2.75) is 0 Å². The molecule has 0 atom stereocenters. The van der Waals surface area contributed by atoms with E-state index >= 15 is 0 Å². The molecule has 1 aliphatic heterocycles. The summed E-state index contributed by atoms with van der Waals surface area (Å²) in [5.41, 5.74) is 6.97. The quantitative estimate of drug-likeness (QED) is 0.480. The van der Waals surface area contributed by atoms with Gasteiger partial charge in [0.05, 0.1) is 45.3 Å². The van der Waals surface area contributed by atoms with E-state index in [2.05, 4.69) is 9.97 Å². The van der Waals surface area contributed by atoms with Gasteiger partial charge in [-0.2, -0.15) is 0 Å². The van der Waals surface area contributed by atoms with Crippen molar-refractivity contribution in [3.8, 4) is 16.9 Å². The molecule has 6 rings (SSSR count). The van der Waals surface area contributed by atoms with Crippen molar-refractivity contribution in [1.29, 1.82) is 0 Å². The molecule has 132 valence electrons. The zero-order valence-electron chi connectivity index (χ0n) is 14.6. The molecule has 3 aromatic carbocycles. The standard InChI is InChI=1S/C22H13N5O/c28-22-26-17-9-3-5-13-11-24-20-14(6-4-10-19(20)27(22)21(13)17)18-12-23-15-7-1-2-8-16(15)25-18/h1-12H,(H,26,28). The van der Waals surface area contributed by atoms with Crippen molar-refractivity contribution in [3.05, 3.63) is 82.9 Å². The summed E-state index contributed by atoms with van der Waals surface area (Å²) in [6, 6.07) is 19.3. The Morgan fingerprint density at radius 2 is 1.75 bits per heavy atom. The smallest absolute Gasteiger partial charge is 0.305 e. The normalized spacial score (nSPS) is 12.3. The van der Waals surface area contributed by atoms with Gasteiger partial charge in [-0.3, -0.25) is 14.5 Å². The van der Waals surface area contributed by atoms with Crippen molar-refractivity contribution in [3.63, 3.8) is 0 Å². The van der Waals surface area contributed by atoms with E-state index in [0.717, 1.165) is 44.6 Å². The van der Waals surface area contributed by atoms with Crippen LogP contribution in [0.1, 0.15) is 5.56 Å². The molecule has 0 radical (unpaired) electrons. The van der Waals surface area contributed by atoms with Gasteiger partial charge < -0.3 is 4.98 Å². The zero-order chi connectivity index (χ0) is 18.7. The van der Waals surface area contributed by atoms with Gasteiger partial charge in [-0.25, -0.2) is 9.78 Å². The fraction of sp³-hybridized carbons (Fsp3) is 0. The van der Waals surface area contributed by atoms with Gasteiger partial charge in [0.2, 0.25) is 0 Å². The number of hydrogen-bond acceptors (Lipinski definition) is 4. The fourth-order valence-electron chi connectivity index (χ4n) is 3.79. The lowest BCUT2D eigenvalue weighted by Crippen LogP contribution is -2.14. The summed E-state index contributed by atoms with van der Waals surface area (Å²) < 4.78 is 1.69. The molecule has 2 aromatic heterocycles. The molecule has 0 fully saturated rings. The number of fused-ring (bicyclic) bond motifs is 3. The summed E-state index contributed by atoms with van der Waals surface area (Å²) in [5.74, 6) is 0. The third-order valence-electron chi connectivity index (χ3n) is 5.05. The van der Waals surface area contributed by atoms with E-state index in [-0.39, 0.29) is 5.69 Å². The van der Waals surface area contributed by atoms with Crippen LogP contribution in [-0.2, 0) is 0 Å². The Morgan fingerprint density at radius 1 is 0.893 bits per heavy atom. The molecule has 0 amide bonds. The maximum absolute atomic E-state index is 12.7. The van der Waals surface area contributed by atoms with E-state index in [0.29, 0.717) is 5.69 Å². The lowest BCUT2D eigenvalue weighted by atomic mass is 10.1. The molecule has 0 bridgehead atoms. The van der Waals surface area contributed by atoms with Crippen molar-refractivity contribution in [2.75, 3.05) is 0 Å². The van der Waals surface area contributed by atoms with Gasteiger partial charge in [0.25, 0.3) is 0 Å². The number of nitrogens with zero attached hydrogens (tertiary/aromatic N) is 4. The first kappa shape index (κ1) is 15.0. The third-order valence-corrected chi connectivity index (χ3v) is 5.05. The largest absolute Gasteiger partial charge is 0.331 e. The number of H-pyrrole nitrogens is 1. The molecule has 3 heterocycles. The summed E-state index contributed by atoms with van der Waals surface area (Å²) in [4.78, 5) is 29.7. The second-order valence-corrected chi connectivity index (χ2v) is 6.68. The topological polar surface area (TPSA) is 75.9 Å². The molecule has 28 heavy (non-hydrogen) atoms. The number of para-hydroxylation sites is 4. The molecule has 0 saturated heterocycles. The Balaban J connectivity index is 1.68. The van der Waals surface area contributed by atoms with E-state index in [9.17, 15) is 4.79 Å². The van der Waals surface area contributed by atoms with E-state index < -0.39 is 0 Å². The van der Waals surface area contributed by atoms with Gasteiger partial charge in [0, 0.05) is 17.3 Å². The number of benzene rings is 3. The van der Waals surface area contributed by atoms with Crippen molar-refractivity contribution in [1.82, 2.24) is 19.5 Å². The minimum Gasteiger partial charge on any atom is -0.305 e. The van der Waals surface area contributed by atoms with Crippen molar-refractivity contribution < 1.29 is 0 Å². The van der Waals surface area contributed by atoms with Crippen LogP contribution in [0.25, 0.3) is 39.0 Å². The molecular formula is C22H13N5O. The number of aromatic nitrogens is 4. The van der Waals surface area contributed by atoms with Crippen LogP contribution >= 0.6 is 0 Å². The number of nitrogens with one attached hydrogen (secondary N) is 1. The van der Waals surface area contributed by atoms with Crippen LogP contribution in [0.4, 0.5) is 5.69 Å². The molecular weight excluding hydrogens is 350 g/mol. The van der Waals surface area contributed by atoms with Gasteiger partial charge in [0.15, 0.2) is 0 Å². The Labute approximate surface area is 158 Å². The average molecular weight is 363 g/mol. The number of hydrogen-bond donors (Lipinski definition) is 1. The van der Waals surface area contributed by atoms with Crippen LogP contribution < -0.4 is 5.69 Å². The van der Waals surface area contributed by atoms with Gasteiger partial charge in [-0.15, -0.1) is 0 Å². The monoisotopic (exact) mass is 363 g/mol. The van der Waals surface area contributed by atoms with E-state index in [4.69, 9.17) is 9.98 Å². The van der Waals surface area contributed by atoms with Crippen LogP contribution in [0.5, 0.6) is 0 Å². The van der Waals surface area contributed by atoms with E-state index in [1.165, 1.54) is 0 Å². The summed E-state index contributed by atoms with van der Waals surface area (Å²) in [6.45, 7) is 0. The molecule has 0 saturated carbocycles. The molecule has 0 spiro atoms. The molecule has 1 aliphatic rings. The number of aliphatic imine (C=N–C) groups is 1. The highest BCUT2D eigenvalue weighted by molar-refractivity contribution is 6.01. The SMILES string of the molecule is O=c1[nH]c2cccc3c2n1-c1cccc(-c2cnc4ccccc4n2)c1N=C3. The third kappa shape index (κ3) is 2.02. The second kappa shape index (κ2) is 5.47. The van der Waals surface area contributed by atoms with Crippen LogP contribution in [0.2, 0.25) is 0 Å². The number of aromatic amines is 1. The first-order valence-electron chi connectivity index (χ1n) is 8.93. The minimum atomic E-state index is -0.184. The first-order chi connectivity index (χ1) is 13.8. The highest BCUT2D eigenvalue weighted by Crippen LogP contribution is 2.37. The highest BCUT2D eigenvalue weighted by atomic mass is 16.1. The maximum atomic E-state index is 12.7. The average Bonchev–Trinajstić information content (AvgIpc) is 2.96. The Bertz CT molecular complexity index is 1490. The molecule has 0 aliphatic carbocycles. The van der Waals surface area contributed by atoms with E-state index in [1.807, 2.05) is 60.7 Å². The van der Waals surface area contributed by atoms with Crippen LogP contribution in [0.3, 0.4) is 0 Å². The van der Waals surface area contributed by atoms with Crippen LogP contribution in [0.15, 0.2) is 76.6 Å². The van der Waals surface area contributed by atoms with Gasteiger partial charge in [-0.1, -0.05) is 36.4 Å². The maximum Gasteiger partial charge on any atom is 0.331 e. The second-order valence-electron chi connectivity index (χ2n) is 6.68. The Kier molecular flexibility index (Phi) is 2.94. The predicted octanol–water partition coefficient (Wildman–Crippen LogP) is 3.99. The lowest BCUT2D eigenvalue weighted by molar-refractivity contribution is 1.02. The zero-order valence-corrected chi connectivity index (χ0v) is 14.6. The summed E-state index contributed by atoms with van der Waals surface area (Å²) in [6.07, 6.45) is 3.55. The van der Waals surface area contributed by atoms with Crippen molar-refractivity contribution in [2.24, 2.45) is 4.99 Å². The van der Waals surface area contributed by atoms with Crippen LogP contribution in [-0.4, -0.2) is 25.7 Å². The van der Waals surface area contributed by atoms with Gasteiger partial charge in [-0.05, 0) is 24.3 Å². The fourth-order valence-corrected chi connectivity index (χ4v) is 3.79. The number of imidazole rings is 1. The Morgan fingerprint density at radius 3 is 2.68 bits per heavy atom. The first-order valence-corrected chi connectivity index (χ1v) is 8.93. The van der Waals surface area contributed by atoms with Gasteiger partial charge >= 0.3 is 5.69 Å². The van der Waals surface area contributed by atoms with Crippen molar-refractivity contribution >= 4 is 34.0 Å². The molecule has 0 unspecified atom stereocenters. The van der Waals surface area contributed by atoms with Gasteiger partial charge in [0.1, 0.15) is 0 Å². The molecule has 1 N–H and O–H groups in total. The molecule has 5 aromatic rings. The minimum absolute atomic E-state index is 0.184. The summed E-state index contributed by atoms with van der Waals surface area (Å²) >= 11 is 0. The summed E-state index contributed by atoms with van der Waals surface area (Å²) in [5, 5.41) is 0. The molecule has 6 nitrogen and oxygen atoms in total. The molecule has 6 heteroatoms. The summed E-state index contributed by atoms with van der Waals surface area (Å²) in [7, 11) is 0. The lowest BCUT2D eigenvalue weighted by Gasteiger charge is -2.11. The van der Waals surface area contributed by atoms with Crippen LogP contribution in [0, 0.1) is 0 Å². The Hall–Kier alpha value is -4.06. The highest BCUT2D eigenvalue weighted by Gasteiger charge is 2.20. The van der Waals surface area contributed by atoms with E-state index in [1.54, 1.807) is 17.0 Å². The number of rotatable bonds is 1. The predicted molar refractivity (Wildman–Crippen MR) is 110 cm³/mol.